The Labute approximate surface area is 84.4 Å². The Bertz CT molecular complexity index is 365. The van der Waals surface area contributed by atoms with Gasteiger partial charge in [-0.25, -0.2) is 0 Å². The monoisotopic (exact) mass is 186 g/mol. The van der Waals surface area contributed by atoms with Gasteiger partial charge in [-0.3, -0.25) is 9.98 Å². The van der Waals surface area contributed by atoms with E-state index < -0.39 is 0 Å². The van der Waals surface area contributed by atoms with E-state index in [0.29, 0.717) is 11.8 Å². The summed E-state index contributed by atoms with van der Waals surface area (Å²) >= 11 is 0. The van der Waals surface area contributed by atoms with Crippen molar-refractivity contribution >= 4 is 5.71 Å². The van der Waals surface area contributed by atoms with Crippen LogP contribution in [-0.2, 0) is 0 Å². The molecular formula is C12H14N2. The molecule has 0 N–H and O–H groups in total. The van der Waals surface area contributed by atoms with Gasteiger partial charge in [0.25, 0.3) is 0 Å². The van der Waals surface area contributed by atoms with Crippen molar-refractivity contribution in [2.24, 2.45) is 16.8 Å². The van der Waals surface area contributed by atoms with Crippen LogP contribution in [0.4, 0.5) is 0 Å². The van der Waals surface area contributed by atoms with Crippen molar-refractivity contribution < 1.29 is 0 Å². The summed E-state index contributed by atoms with van der Waals surface area (Å²) in [6.45, 7) is 4.40. The molecule has 2 atom stereocenters. The van der Waals surface area contributed by atoms with Gasteiger partial charge in [-0.15, -0.1) is 0 Å². The number of pyridine rings is 1. The van der Waals surface area contributed by atoms with E-state index in [1.165, 1.54) is 0 Å². The molecule has 72 valence electrons. The predicted molar refractivity (Wildman–Crippen MR) is 58.2 cm³/mol. The minimum Gasteiger partial charge on any atom is -0.259 e. The largest absolute Gasteiger partial charge is 0.259 e. The molecule has 2 nitrogen and oxygen atoms in total. The zero-order valence-corrected chi connectivity index (χ0v) is 8.51. The van der Waals surface area contributed by atoms with Gasteiger partial charge >= 0.3 is 0 Å². The van der Waals surface area contributed by atoms with Crippen LogP contribution in [-0.4, -0.2) is 10.7 Å². The third kappa shape index (κ3) is 1.60. The molecule has 1 aliphatic rings. The van der Waals surface area contributed by atoms with Crippen LogP contribution in [0.5, 0.6) is 0 Å². The molecule has 1 aromatic rings. The lowest BCUT2D eigenvalue weighted by Gasteiger charge is -2.21. The summed E-state index contributed by atoms with van der Waals surface area (Å²) in [5.74, 6) is 0.999. The van der Waals surface area contributed by atoms with Gasteiger partial charge in [-0.2, -0.15) is 0 Å². The first kappa shape index (κ1) is 9.13. The van der Waals surface area contributed by atoms with Gasteiger partial charge in [-0.05, 0) is 18.1 Å². The fraction of sp³-hybridized carbons (Fsp3) is 0.333. The van der Waals surface area contributed by atoms with Crippen LogP contribution >= 0.6 is 0 Å². The molecule has 0 unspecified atom stereocenters. The Morgan fingerprint density at radius 2 is 2.07 bits per heavy atom. The van der Waals surface area contributed by atoms with Crippen molar-refractivity contribution in [1.29, 1.82) is 0 Å². The summed E-state index contributed by atoms with van der Waals surface area (Å²) in [6.07, 6.45) is 5.83. The molecule has 2 rings (SSSR count). The van der Waals surface area contributed by atoms with Gasteiger partial charge in [0.2, 0.25) is 0 Å². The van der Waals surface area contributed by atoms with Crippen molar-refractivity contribution in [3.8, 4) is 0 Å². The summed E-state index contributed by atoms with van der Waals surface area (Å²) < 4.78 is 0. The molecule has 0 saturated heterocycles. The molecule has 0 spiro atoms. The standard InChI is InChI=1S/C12H14N2/c1-9-6-8-14-12(10(9)2)11-5-3-4-7-13-11/h3-10H,1-2H3/t9-,10-/m0/s1. The number of nitrogens with zero attached hydrogens (tertiary/aromatic N) is 2. The van der Waals surface area contributed by atoms with Crippen molar-refractivity contribution in [3.63, 3.8) is 0 Å². The topological polar surface area (TPSA) is 25.2 Å². The van der Waals surface area contributed by atoms with E-state index in [1.807, 2.05) is 30.6 Å². The van der Waals surface area contributed by atoms with Crippen LogP contribution in [0.15, 0.2) is 41.7 Å². The highest BCUT2D eigenvalue weighted by Gasteiger charge is 2.20. The Balaban J connectivity index is 2.35. The first-order valence-corrected chi connectivity index (χ1v) is 4.95. The predicted octanol–water partition coefficient (Wildman–Crippen LogP) is 2.67. The number of rotatable bonds is 1. The molecule has 0 fully saturated rings. The minimum atomic E-state index is 0.454. The lowest BCUT2D eigenvalue weighted by Crippen LogP contribution is -2.21. The smallest absolute Gasteiger partial charge is 0.0847 e. The van der Waals surface area contributed by atoms with Crippen molar-refractivity contribution in [2.75, 3.05) is 0 Å². The van der Waals surface area contributed by atoms with Crippen molar-refractivity contribution in [1.82, 2.24) is 4.98 Å². The normalized spacial score (nSPS) is 26.0. The summed E-state index contributed by atoms with van der Waals surface area (Å²) in [4.78, 5) is 8.73. The van der Waals surface area contributed by atoms with Gasteiger partial charge in [-0.1, -0.05) is 26.0 Å². The highest BCUT2D eigenvalue weighted by atomic mass is 14.8. The van der Waals surface area contributed by atoms with Crippen LogP contribution in [0.1, 0.15) is 19.5 Å². The molecular weight excluding hydrogens is 172 g/mol. The second kappa shape index (κ2) is 3.74. The number of aromatic nitrogens is 1. The number of hydrogen-bond donors (Lipinski definition) is 0. The highest BCUT2D eigenvalue weighted by Crippen LogP contribution is 2.21. The molecule has 0 aromatic carbocycles. The molecule has 14 heavy (non-hydrogen) atoms. The Hall–Kier alpha value is -1.44. The summed E-state index contributed by atoms with van der Waals surface area (Å²) in [6, 6.07) is 5.94. The summed E-state index contributed by atoms with van der Waals surface area (Å²) in [5, 5.41) is 0. The second-order valence-electron chi connectivity index (χ2n) is 3.72. The Morgan fingerprint density at radius 3 is 2.79 bits per heavy atom. The van der Waals surface area contributed by atoms with E-state index in [0.717, 1.165) is 11.4 Å². The van der Waals surface area contributed by atoms with Crippen molar-refractivity contribution in [3.05, 3.63) is 42.4 Å². The maximum atomic E-state index is 4.40. The lowest BCUT2D eigenvalue weighted by atomic mass is 9.88. The average Bonchev–Trinajstić information content (AvgIpc) is 2.23. The Kier molecular flexibility index (Phi) is 2.44. The minimum absolute atomic E-state index is 0.454. The van der Waals surface area contributed by atoms with Gasteiger partial charge in [0.15, 0.2) is 0 Å². The van der Waals surface area contributed by atoms with E-state index in [4.69, 9.17) is 0 Å². The molecule has 0 radical (unpaired) electrons. The molecule has 2 heterocycles. The molecule has 0 saturated carbocycles. The fourth-order valence-electron chi connectivity index (χ4n) is 1.61. The SMILES string of the molecule is C[C@@H]1C(c2ccccn2)=NC=C[C@@H]1C. The molecule has 1 aromatic heterocycles. The average molecular weight is 186 g/mol. The molecule has 0 aliphatic carbocycles. The van der Waals surface area contributed by atoms with E-state index >= 15 is 0 Å². The first-order valence-electron chi connectivity index (χ1n) is 4.95. The zero-order valence-electron chi connectivity index (χ0n) is 8.51. The summed E-state index contributed by atoms with van der Waals surface area (Å²) in [7, 11) is 0. The van der Waals surface area contributed by atoms with Crippen LogP contribution < -0.4 is 0 Å². The van der Waals surface area contributed by atoms with Crippen LogP contribution in [0.2, 0.25) is 0 Å². The Morgan fingerprint density at radius 1 is 1.21 bits per heavy atom. The summed E-state index contributed by atoms with van der Waals surface area (Å²) in [5.41, 5.74) is 2.09. The number of hydrogen-bond acceptors (Lipinski definition) is 2. The molecule has 0 amide bonds. The van der Waals surface area contributed by atoms with E-state index in [1.54, 1.807) is 0 Å². The lowest BCUT2D eigenvalue weighted by molar-refractivity contribution is 0.580. The maximum Gasteiger partial charge on any atom is 0.0847 e. The molecule has 0 bridgehead atoms. The second-order valence-corrected chi connectivity index (χ2v) is 3.72. The van der Waals surface area contributed by atoms with Crippen LogP contribution in [0.25, 0.3) is 0 Å². The van der Waals surface area contributed by atoms with E-state index in [2.05, 4.69) is 29.9 Å². The number of aliphatic imine (C=N–C) groups is 1. The van der Waals surface area contributed by atoms with E-state index in [9.17, 15) is 0 Å². The quantitative estimate of drug-likeness (QED) is 0.662. The third-order valence-electron chi connectivity index (χ3n) is 2.75. The van der Waals surface area contributed by atoms with Gasteiger partial charge < -0.3 is 0 Å². The van der Waals surface area contributed by atoms with Crippen LogP contribution in [0, 0.1) is 11.8 Å². The van der Waals surface area contributed by atoms with Crippen molar-refractivity contribution in [2.45, 2.75) is 13.8 Å². The molecule has 2 heteroatoms. The number of allylic oxidation sites excluding steroid dienone is 1. The molecule has 1 aliphatic heterocycles. The zero-order chi connectivity index (χ0) is 9.97. The van der Waals surface area contributed by atoms with Gasteiger partial charge in [0, 0.05) is 18.3 Å². The van der Waals surface area contributed by atoms with E-state index in [-0.39, 0.29) is 0 Å². The fourth-order valence-corrected chi connectivity index (χ4v) is 1.61. The first-order chi connectivity index (χ1) is 6.79. The van der Waals surface area contributed by atoms with Gasteiger partial charge in [0.1, 0.15) is 0 Å². The highest BCUT2D eigenvalue weighted by molar-refractivity contribution is 6.01. The maximum absolute atomic E-state index is 4.40. The van der Waals surface area contributed by atoms with Crippen LogP contribution in [0.3, 0.4) is 0 Å². The van der Waals surface area contributed by atoms with Gasteiger partial charge in [0.05, 0.1) is 11.4 Å². The third-order valence-corrected chi connectivity index (χ3v) is 2.75.